The zero-order valence-electron chi connectivity index (χ0n) is 10.1. The standard InChI is InChI=1S/C11H18N2O5/c14-9(1-2-10(15)16)13-11(17)12-7-8-3-5-18-6-4-8/h8H,1-7H2,(H,15,16)(H2,12,13,14,17). The molecule has 0 unspecified atom stereocenters. The average Bonchev–Trinajstić information content (AvgIpc) is 2.35. The van der Waals surface area contributed by atoms with Crippen LogP contribution in [0.5, 0.6) is 0 Å². The molecule has 0 atom stereocenters. The molecule has 0 radical (unpaired) electrons. The first-order valence-corrected chi connectivity index (χ1v) is 5.95. The van der Waals surface area contributed by atoms with E-state index in [0.29, 0.717) is 25.7 Å². The number of ether oxygens (including phenoxy) is 1. The molecule has 0 bridgehead atoms. The molecule has 1 aliphatic rings. The van der Waals surface area contributed by atoms with Crippen molar-refractivity contribution >= 4 is 17.9 Å². The second kappa shape index (κ2) is 7.65. The lowest BCUT2D eigenvalue weighted by Crippen LogP contribution is -2.42. The number of amides is 3. The van der Waals surface area contributed by atoms with E-state index in [1.54, 1.807) is 0 Å². The highest BCUT2D eigenvalue weighted by Crippen LogP contribution is 2.12. The lowest BCUT2D eigenvalue weighted by Gasteiger charge is -2.22. The molecule has 7 heteroatoms. The van der Waals surface area contributed by atoms with Gasteiger partial charge in [-0.15, -0.1) is 0 Å². The highest BCUT2D eigenvalue weighted by molar-refractivity contribution is 5.95. The van der Waals surface area contributed by atoms with Gasteiger partial charge in [-0.3, -0.25) is 14.9 Å². The van der Waals surface area contributed by atoms with E-state index in [0.717, 1.165) is 12.8 Å². The Bertz CT molecular complexity index is 313. The molecular weight excluding hydrogens is 240 g/mol. The van der Waals surface area contributed by atoms with Crippen molar-refractivity contribution in [2.75, 3.05) is 19.8 Å². The molecule has 1 heterocycles. The van der Waals surface area contributed by atoms with Gasteiger partial charge in [0.25, 0.3) is 0 Å². The molecule has 102 valence electrons. The third-order valence-corrected chi connectivity index (χ3v) is 2.71. The number of nitrogens with one attached hydrogen (secondary N) is 2. The monoisotopic (exact) mass is 258 g/mol. The van der Waals surface area contributed by atoms with Gasteiger partial charge in [0.05, 0.1) is 6.42 Å². The lowest BCUT2D eigenvalue weighted by atomic mass is 10.0. The quantitative estimate of drug-likeness (QED) is 0.649. The number of carbonyl (C=O) groups is 3. The van der Waals surface area contributed by atoms with E-state index in [1.807, 2.05) is 0 Å². The fourth-order valence-electron chi connectivity index (χ4n) is 1.64. The predicted octanol–water partition coefficient (Wildman–Crippen LogP) is 0.104. The molecule has 1 fully saturated rings. The Morgan fingerprint density at radius 3 is 2.44 bits per heavy atom. The molecule has 1 rings (SSSR count). The molecule has 0 aliphatic carbocycles. The van der Waals surface area contributed by atoms with Crippen molar-refractivity contribution in [3.63, 3.8) is 0 Å². The Morgan fingerprint density at radius 1 is 1.17 bits per heavy atom. The van der Waals surface area contributed by atoms with E-state index in [2.05, 4.69) is 10.6 Å². The fraction of sp³-hybridized carbons (Fsp3) is 0.727. The molecule has 18 heavy (non-hydrogen) atoms. The zero-order chi connectivity index (χ0) is 13.4. The van der Waals surface area contributed by atoms with Crippen molar-refractivity contribution in [3.05, 3.63) is 0 Å². The van der Waals surface area contributed by atoms with Gasteiger partial charge in [0, 0.05) is 26.2 Å². The minimum absolute atomic E-state index is 0.194. The summed E-state index contributed by atoms with van der Waals surface area (Å²) in [4.78, 5) is 32.7. The van der Waals surface area contributed by atoms with E-state index < -0.39 is 17.9 Å². The van der Waals surface area contributed by atoms with Crippen LogP contribution in [0.25, 0.3) is 0 Å². The number of aliphatic carboxylic acids is 1. The van der Waals surface area contributed by atoms with Gasteiger partial charge < -0.3 is 15.2 Å². The van der Waals surface area contributed by atoms with Gasteiger partial charge in [-0.1, -0.05) is 0 Å². The topological polar surface area (TPSA) is 105 Å². The zero-order valence-corrected chi connectivity index (χ0v) is 10.1. The second-order valence-electron chi connectivity index (χ2n) is 4.21. The Labute approximate surface area is 105 Å². The molecule has 0 saturated carbocycles. The highest BCUT2D eigenvalue weighted by atomic mass is 16.5. The van der Waals surface area contributed by atoms with Gasteiger partial charge in [0.2, 0.25) is 5.91 Å². The van der Waals surface area contributed by atoms with E-state index in [1.165, 1.54) is 0 Å². The Kier molecular flexibility index (Phi) is 6.13. The first-order valence-electron chi connectivity index (χ1n) is 5.95. The summed E-state index contributed by atoms with van der Waals surface area (Å²) in [7, 11) is 0. The van der Waals surface area contributed by atoms with E-state index in [9.17, 15) is 14.4 Å². The van der Waals surface area contributed by atoms with Crippen LogP contribution >= 0.6 is 0 Å². The number of carboxylic acids is 1. The third kappa shape index (κ3) is 6.19. The summed E-state index contributed by atoms with van der Waals surface area (Å²) < 4.78 is 5.19. The summed E-state index contributed by atoms with van der Waals surface area (Å²) in [5.41, 5.74) is 0. The maximum Gasteiger partial charge on any atom is 0.321 e. The molecule has 1 aliphatic heterocycles. The molecule has 0 aromatic rings. The molecular formula is C11H18N2O5. The van der Waals surface area contributed by atoms with Crippen LogP contribution in [-0.4, -0.2) is 42.8 Å². The fourth-order valence-corrected chi connectivity index (χ4v) is 1.64. The van der Waals surface area contributed by atoms with Crippen LogP contribution in [0.4, 0.5) is 4.79 Å². The van der Waals surface area contributed by atoms with Gasteiger partial charge in [-0.25, -0.2) is 4.79 Å². The van der Waals surface area contributed by atoms with Gasteiger partial charge >= 0.3 is 12.0 Å². The van der Waals surface area contributed by atoms with Crippen molar-refractivity contribution in [3.8, 4) is 0 Å². The Morgan fingerprint density at radius 2 is 1.83 bits per heavy atom. The maximum absolute atomic E-state index is 11.3. The minimum Gasteiger partial charge on any atom is -0.481 e. The molecule has 3 N–H and O–H groups in total. The normalized spacial score (nSPS) is 16.0. The van der Waals surface area contributed by atoms with Gasteiger partial charge in [-0.05, 0) is 18.8 Å². The van der Waals surface area contributed by atoms with Crippen LogP contribution in [-0.2, 0) is 14.3 Å². The molecule has 0 aromatic carbocycles. The van der Waals surface area contributed by atoms with E-state index in [-0.39, 0.29) is 12.8 Å². The molecule has 0 spiro atoms. The number of hydrogen-bond donors (Lipinski definition) is 3. The van der Waals surface area contributed by atoms with Crippen molar-refractivity contribution < 1.29 is 24.2 Å². The van der Waals surface area contributed by atoms with Crippen molar-refractivity contribution in [2.24, 2.45) is 5.92 Å². The smallest absolute Gasteiger partial charge is 0.321 e. The van der Waals surface area contributed by atoms with Gasteiger partial charge in [0.15, 0.2) is 0 Å². The largest absolute Gasteiger partial charge is 0.481 e. The minimum atomic E-state index is -1.06. The first kappa shape index (κ1) is 14.4. The summed E-state index contributed by atoms with van der Waals surface area (Å²) in [5.74, 6) is -1.27. The van der Waals surface area contributed by atoms with Crippen molar-refractivity contribution in [1.29, 1.82) is 0 Å². The predicted molar refractivity (Wildman–Crippen MR) is 62.0 cm³/mol. The van der Waals surface area contributed by atoms with E-state index >= 15 is 0 Å². The SMILES string of the molecule is O=C(O)CCC(=O)NC(=O)NCC1CCOCC1. The average molecular weight is 258 g/mol. The maximum atomic E-state index is 11.3. The van der Waals surface area contributed by atoms with Gasteiger partial charge in [-0.2, -0.15) is 0 Å². The number of rotatable bonds is 5. The lowest BCUT2D eigenvalue weighted by molar-refractivity contribution is -0.138. The van der Waals surface area contributed by atoms with Gasteiger partial charge in [0.1, 0.15) is 0 Å². The summed E-state index contributed by atoms with van der Waals surface area (Å²) in [5, 5.41) is 13.1. The van der Waals surface area contributed by atoms with Crippen molar-refractivity contribution in [1.82, 2.24) is 10.6 Å². The highest BCUT2D eigenvalue weighted by Gasteiger charge is 2.15. The van der Waals surface area contributed by atoms with Crippen LogP contribution < -0.4 is 10.6 Å². The number of carbonyl (C=O) groups excluding carboxylic acids is 2. The van der Waals surface area contributed by atoms with E-state index in [4.69, 9.17) is 9.84 Å². The molecule has 7 nitrogen and oxygen atoms in total. The number of urea groups is 1. The Hall–Kier alpha value is -1.63. The second-order valence-corrected chi connectivity index (χ2v) is 4.21. The number of carboxylic acid groups (broad SMARTS) is 1. The Balaban J connectivity index is 2.12. The van der Waals surface area contributed by atoms with Crippen molar-refractivity contribution in [2.45, 2.75) is 25.7 Å². The van der Waals surface area contributed by atoms with Crippen LogP contribution in [0.2, 0.25) is 0 Å². The number of hydrogen-bond acceptors (Lipinski definition) is 4. The molecule has 3 amide bonds. The van der Waals surface area contributed by atoms with Crippen LogP contribution in [0, 0.1) is 5.92 Å². The van der Waals surface area contributed by atoms with Crippen LogP contribution in [0.1, 0.15) is 25.7 Å². The first-order chi connectivity index (χ1) is 8.58. The summed E-state index contributed by atoms with van der Waals surface area (Å²) in [6.07, 6.45) is 1.32. The number of imide groups is 1. The summed E-state index contributed by atoms with van der Waals surface area (Å²) in [6, 6.07) is -0.572. The molecule has 0 aromatic heterocycles. The third-order valence-electron chi connectivity index (χ3n) is 2.71. The van der Waals surface area contributed by atoms with Crippen LogP contribution in [0.15, 0.2) is 0 Å². The van der Waals surface area contributed by atoms with Crippen LogP contribution in [0.3, 0.4) is 0 Å². The summed E-state index contributed by atoms with van der Waals surface area (Å²) >= 11 is 0. The molecule has 1 saturated heterocycles. The summed E-state index contributed by atoms with van der Waals surface area (Å²) in [6.45, 7) is 1.90.